The minimum atomic E-state index is -1.45. The van der Waals surface area contributed by atoms with Gasteiger partial charge in [-0.3, -0.25) is 4.79 Å². The highest BCUT2D eigenvalue weighted by Gasteiger charge is 2.04. The third-order valence-electron chi connectivity index (χ3n) is 0.542. The number of aliphatic hydroxyl groups is 1. The van der Waals surface area contributed by atoms with Crippen molar-refractivity contribution in [3.8, 4) is 0 Å². The first kappa shape index (κ1) is 7.74. The van der Waals surface area contributed by atoms with Gasteiger partial charge in [0.05, 0.1) is 6.42 Å². The molecule has 0 bridgehead atoms. The normalized spacial score (nSPS) is 11.7. The highest BCUT2D eigenvalue weighted by Crippen LogP contribution is 1.91. The van der Waals surface area contributed by atoms with Crippen LogP contribution >= 0.6 is 0 Å². The van der Waals surface area contributed by atoms with Crippen LogP contribution in [0.4, 0.5) is 0 Å². The van der Waals surface area contributed by atoms with Crippen LogP contribution in [0.3, 0.4) is 0 Å². The number of nitrogens with zero attached hydrogens (tertiary/aromatic N) is 3. The first-order chi connectivity index (χ1) is 4.16. The summed E-state index contributed by atoms with van der Waals surface area (Å²) in [6.07, 6.45) is -2.00. The summed E-state index contributed by atoms with van der Waals surface area (Å²) in [5, 5.41) is 19.1. The van der Waals surface area contributed by atoms with Crippen molar-refractivity contribution in [3.05, 3.63) is 10.4 Å². The molecule has 0 aliphatic rings. The predicted molar refractivity (Wildman–Crippen MR) is 27.4 cm³/mol. The summed E-state index contributed by atoms with van der Waals surface area (Å²) in [6, 6.07) is 0. The van der Waals surface area contributed by atoms with Crippen molar-refractivity contribution in [2.24, 2.45) is 5.11 Å². The number of rotatable bonds is 3. The standard InChI is InChI=1S/C3H5N3O3/c4-6-5-2(7)1-3(8)9/h2,7H,1H2,(H,8,9). The van der Waals surface area contributed by atoms with Gasteiger partial charge in [-0.2, -0.15) is 0 Å². The maximum Gasteiger partial charge on any atom is 0.306 e. The SMILES string of the molecule is [N-]=[N+]=NC(O)CC(=O)O. The average molecular weight is 131 g/mol. The lowest BCUT2D eigenvalue weighted by Gasteiger charge is -1.94. The fraction of sp³-hybridized carbons (Fsp3) is 0.667. The second-order valence-corrected chi connectivity index (χ2v) is 1.28. The number of hydrogen-bond donors (Lipinski definition) is 2. The molecule has 0 aromatic carbocycles. The van der Waals surface area contributed by atoms with Crippen LogP contribution in [0, 0.1) is 0 Å². The Morgan fingerprint density at radius 2 is 2.44 bits per heavy atom. The molecule has 0 fully saturated rings. The molecule has 1 unspecified atom stereocenters. The van der Waals surface area contributed by atoms with Crippen molar-refractivity contribution in [2.45, 2.75) is 12.6 Å². The lowest BCUT2D eigenvalue weighted by atomic mass is 10.4. The fourth-order valence-corrected chi connectivity index (χ4v) is 0.257. The van der Waals surface area contributed by atoms with Crippen molar-refractivity contribution in [1.82, 2.24) is 0 Å². The van der Waals surface area contributed by atoms with Gasteiger partial charge in [-0.1, -0.05) is 5.11 Å². The Labute approximate surface area is 50.4 Å². The predicted octanol–water partition coefficient (Wildman–Crippen LogP) is 0.0898. The monoisotopic (exact) mass is 131 g/mol. The second kappa shape index (κ2) is 3.71. The maximum absolute atomic E-state index is 9.74. The topological polar surface area (TPSA) is 106 Å². The Morgan fingerprint density at radius 1 is 1.89 bits per heavy atom. The minimum Gasteiger partial charge on any atom is -0.481 e. The summed E-state index contributed by atoms with van der Waals surface area (Å²) in [6.45, 7) is 0. The summed E-state index contributed by atoms with van der Waals surface area (Å²) in [7, 11) is 0. The van der Waals surface area contributed by atoms with Crippen LogP contribution in [0.2, 0.25) is 0 Å². The van der Waals surface area contributed by atoms with Crippen LogP contribution in [0.5, 0.6) is 0 Å². The molecule has 0 aromatic heterocycles. The Morgan fingerprint density at radius 3 is 2.78 bits per heavy atom. The van der Waals surface area contributed by atoms with Crippen molar-refractivity contribution in [2.75, 3.05) is 0 Å². The maximum atomic E-state index is 9.74. The molecule has 0 amide bonds. The van der Waals surface area contributed by atoms with Gasteiger partial charge in [0.1, 0.15) is 6.23 Å². The van der Waals surface area contributed by atoms with E-state index in [0.717, 1.165) is 0 Å². The van der Waals surface area contributed by atoms with Crippen LogP contribution in [-0.4, -0.2) is 22.4 Å². The number of carbonyl (C=O) groups is 1. The summed E-state index contributed by atoms with van der Waals surface area (Å²) < 4.78 is 0. The number of carboxylic acid groups (broad SMARTS) is 1. The Hall–Kier alpha value is -1.26. The van der Waals surface area contributed by atoms with E-state index in [2.05, 4.69) is 10.0 Å². The minimum absolute atomic E-state index is 0.552. The smallest absolute Gasteiger partial charge is 0.306 e. The Bertz CT molecular complexity index is 150. The number of aliphatic carboxylic acids is 1. The van der Waals surface area contributed by atoms with E-state index in [-0.39, 0.29) is 0 Å². The molecule has 1 atom stereocenters. The molecule has 50 valence electrons. The largest absolute Gasteiger partial charge is 0.481 e. The first-order valence-electron chi connectivity index (χ1n) is 2.11. The number of aliphatic hydroxyl groups excluding tert-OH is 1. The Balaban J connectivity index is 3.62. The van der Waals surface area contributed by atoms with Gasteiger partial charge in [0.15, 0.2) is 0 Å². The summed E-state index contributed by atoms with van der Waals surface area (Å²) in [5.74, 6) is -1.20. The van der Waals surface area contributed by atoms with Gasteiger partial charge in [-0.15, -0.1) is 0 Å². The molecule has 0 aromatic rings. The molecule has 0 radical (unpaired) electrons. The molecule has 0 saturated heterocycles. The summed E-state index contributed by atoms with van der Waals surface area (Å²) in [5.41, 5.74) is 7.65. The molecule has 0 spiro atoms. The van der Waals surface area contributed by atoms with Crippen LogP contribution in [0.25, 0.3) is 10.4 Å². The zero-order valence-electron chi connectivity index (χ0n) is 4.43. The van der Waals surface area contributed by atoms with E-state index >= 15 is 0 Å². The molecule has 6 heteroatoms. The molecule has 9 heavy (non-hydrogen) atoms. The molecule has 0 rings (SSSR count). The van der Waals surface area contributed by atoms with Crippen molar-refractivity contribution in [3.63, 3.8) is 0 Å². The van der Waals surface area contributed by atoms with Gasteiger partial charge in [0, 0.05) is 4.91 Å². The molecule has 0 aliphatic carbocycles. The van der Waals surface area contributed by atoms with Gasteiger partial charge < -0.3 is 10.2 Å². The fourth-order valence-electron chi connectivity index (χ4n) is 0.257. The van der Waals surface area contributed by atoms with Crippen LogP contribution in [-0.2, 0) is 4.79 Å². The van der Waals surface area contributed by atoms with E-state index in [1.165, 1.54) is 0 Å². The Kier molecular flexibility index (Phi) is 3.19. The van der Waals surface area contributed by atoms with Gasteiger partial charge in [-0.25, -0.2) is 0 Å². The third kappa shape index (κ3) is 4.60. The van der Waals surface area contributed by atoms with E-state index < -0.39 is 18.6 Å². The van der Waals surface area contributed by atoms with E-state index in [1.54, 1.807) is 0 Å². The summed E-state index contributed by atoms with van der Waals surface area (Å²) >= 11 is 0. The molecule has 0 aliphatic heterocycles. The zero-order chi connectivity index (χ0) is 7.28. The third-order valence-corrected chi connectivity index (χ3v) is 0.542. The van der Waals surface area contributed by atoms with Crippen LogP contribution < -0.4 is 0 Å². The number of hydrogen-bond acceptors (Lipinski definition) is 3. The highest BCUT2D eigenvalue weighted by atomic mass is 16.4. The molecular weight excluding hydrogens is 126 g/mol. The zero-order valence-corrected chi connectivity index (χ0v) is 4.43. The molecule has 2 N–H and O–H groups in total. The molecule has 0 heterocycles. The molecule has 6 nitrogen and oxygen atoms in total. The van der Waals surface area contributed by atoms with Crippen LogP contribution in [0.1, 0.15) is 6.42 Å². The van der Waals surface area contributed by atoms with E-state index in [9.17, 15) is 4.79 Å². The van der Waals surface area contributed by atoms with Crippen molar-refractivity contribution >= 4 is 5.97 Å². The van der Waals surface area contributed by atoms with E-state index in [1.807, 2.05) is 0 Å². The van der Waals surface area contributed by atoms with Gasteiger partial charge >= 0.3 is 5.97 Å². The van der Waals surface area contributed by atoms with Gasteiger partial charge in [0.25, 0.3) is 0 Å². The first-order valence-corrected chi connectivity index (χ1v) is 2.11. The van der Waals surface area contributed by atoms with Crippen molar-refractivity contribution < 1.29 is 15.0 Å². The van der Waals surface area contributed by atoms with Crippen molar-refractivity contribution in [1.29, 1.82) is 0 Å². The lowest BCUT2D eigenvalue weighted by molar-refractivity contribution is -0.139. The highest BCUT2D eigenvalue weighted by molar-refractivity contribution is 5.67. The van der Waals surface area contributed by atoms with Gasteiger partial charge in [0.2, 0.25) is 0 Å². The average Bonchev–Trinajstić information content (AvgIpc) is 1.63. The number of azide groups is 1. The van der Waals surface area contributed by atoms with E-state index in [0.29, 0.717) is 0 Å². The van der Waals surface area contributed by atoms with Gasteiger partial charge in [-0.05, 0) is 5.53 Å². The molecular formula is C3H5N3O3. The van der Waals surface area contributed by atoms with E-state index in [4.69, 9.17) is 15.7 Å². The second-order valence-electron chi connectivity index (χ2n) is 1.28. The van der Waals surface area contributed by atoms with Crippen LogP contribution in [0.15, 0.2) is 5.11 Å². The quantitative estimate of drug-likeness (QED) is 0.322. The number of carboxylic acids is 1. The summed E-state index contributed by atoms with van der Waals surface area (Å²) in [4.78, 5) is 11.9. The lowest BCUT2D eigenvalue weighted by Crippen LogP contribution is -2.08. The molecule has 0 saturated carbocycles.